The Labute approximate surface area is 266 Å². The number of carboxylic acid groups (broad SMARTS) is 1. The zero-order chi connectivity index (χ0) is 31.6. The molecular formula is C37H67NO3S. The van der Waals surface area contributed by atoms with Crippen molar-refractivity contribution >= 4 is 18.6 Å². The van der Waals surface area contributed by atoms with E-state index < -0.39 is 18.0 Å². The van der Waals surface area contributed by atoms with Gasteiger partial charge in [-0.2, -0.15) is 12.6 Å². The molecule has 244 valence electrons. The highest BCUT2D eigenvalue weighted by molar-refractivity contribution is 7.80. The van der Waals surface area contributed by atoms with Gasteiger partial charge in [-0.15, -0.1) is 0 Å². The summed E-state index contributed by atoms with van der Waals surface area (Å²) in [6.45, 7) is 23.2. The fraction of sp³-hybridized carbons (Fsp3) is 0.757. The van der Waals surface area contributed by atoms with E-state index in [0.29, 0.717) is 30.1 Å². The molecule has 0 aromatic heterocycles. The van der Waals surface area contributed by atoms with Crippen molar-refractivity contribution in [3.05, 3.63) is 48.9 Å². The quantitative estimate of drug-likeness (QED) is 0.0318. The van der Waals surface area contributed by atoms with Crippen LogP contribution in [0.2, 0.25) is 0 Å². The molecule has 0 rings (SSSR count). The molecule has 0 aliphatic heterocycles. The average Bonchev–Trinajstić information content (AvgIpc) is 2.95. The summed E-state index contributed by atoms with van der Waals surface area (Å²) in [7, 11) is 0. The van der Waals surface area contributed by atoms with E-state index >= 15 is 0 Å². The van der Waals surface area contributed by atoms with E-state index in [1.807, 2.05) is 6.92 Å². The minimum Gasteiger partial charge on any atom is -0.483 e. The molecule has 0 aromatic carbocycles. The number of ether oxygens (including phenoxy) is 1. The number of rotatable bonds is 31. The lowest BCUT2D eigenvalue weighted by Crippen LogP contribution is -2.40. The predicted octanol–water partition coefficient (Wildman–Crippen LogP) is 11.4. The Morgan fingerprint density at radius 2 is 1.17 bits per heavy atom. The van der Waals surface area contributed by atoms with E-state index in [2.05, 4.69) is 58.1 Å². The second-order valence-electron chi connectivity index (χ2n) is 12.4. The summed E-state index contributed by atoms with van der Waals surface area (Å²) in [6, 6.07) is -0.0893. The van der Waals surface area contributed by atoms with Crippen LogP contribution in [0.15, 0.2) is 48.9 Å². The van der Waals surface area contributed by atoms with E-state index in [1.54, 1.807) is 0 Å². The first-order chi connectivity index (χ1) is 20.2. The summed E-state index contributed by atoms with van der Waals surface area (Å²) >= 11 is 4.45. The number of thiol groups is 1. The van der Waals surface area contributed by atoms with Gasteiger partial charge >= 0.3 is 5.97 Å². The Balaban J connectivity index is 4.98. The van der Waals surface area contributed by atoms with Gasteiger partial charge in [0.25, 0.3) is 0 Å². The SMILES string of the molecule is C=C(CCCCCCCCCCC)C[C@@H](C(=C)N[C@@H](CS)C(=C)C)C(OC(=C)CCCCCCCCCCC)C(=O)O. The van der Waals surface area contributed by atoms with Crippen molar-refractivity contribution in [3.63, 3.8) is 0 Å². The molecule has 0 saturated carbocycles. The summed E-state index contributed by atoms with van der Waals surface area (Å²) in [5.74, 6) is -0.372. The van der Waals surface area contributed by atoms with Gasteiger partial charge in [0.15, 0.2) is 0 Å². The van der Waals surface area contributed by atoms with E-state index in [4.69, 9.17) is 4.74 Å². The van der Waals surface area contributed by atoms with E-state index in [9.17, 15) is 9.90 Å². The summed E-state index contributed by atoms with van der Waals surface area (Å²) in [6.07, 6.45) is 23.6. The van der Waals surface area contributed by atoms with Gasteiger partial charge in [0, 0.05) is 23.8 Å². The van der Waals surface area contributed by atoms with Crippen molar-refractivity contribution in [2.75, 3.05) is 5.75 Å². The minimum absolute atomic E-state index is 0.0893. The molecule has 0 spiro atoms. The van der Waals surface area contributed by atoms with Gasteiger partial charge < -0.3 is 15.2 Å². The molecule has 0 saturated heterocycles. The highest BCUT2D eigenvalue weighted by Crippen LogP contribution is 2.29. The molecule has 0 radical (unpaired) electrons. The number of hydrogen-bond donors (Lipinski definition) is 3. The van der Waals surface area contributed by atoms with Crippen LogP contribution in [-0.2, 0) is 9.53 Å². The van der Waals surface area contributed by atoms with Gasteiger partial charge in [0.05, 0.1) is 11.8 Å². The number of aliphatic carboxylic acids is 1. The molecule has 0 aromatic rings. The summed E-state index contributed by atoms with van der Waals surface area (Å²) in [4.78, 5) is 12.5. The maximum atomic E-state index is 12.5. The summed E-state index contributed by atoms with van der Waals surface area (Å²) in [5, 5.41) is 13.6. The van der Waals surface area contributed by atoms with Crippen LogP contribution >= 0.6 is 12.6 Å². The van der Waals surface area contributed by atoms with E-state index in [1.165, 1.54) is 96.3 Å². The van der Waals surface area contributed by atoms with Crippen molar-refractivity contribution < 1.29 is 14.6 Å². The van der Waals surface area contributed by atoms with Gasteiger partial charge in [-0.3, -0.25) is 0 Å². The van der Waals surface area contributed by atoms with Crippen LogP contribution in [0.5, 0.6) is 0 Å². The Bertz CT molecular complexity index is 762. The molecule has 4 nitrogen and oxygen atoms in total. The third-order valence-electron chi connectivity index (χ3n) is 8.19. The number of unbranched alkanes of at least 4 members (excludes halogenated alkanes) is 16. The Morgan fingerprint density at radius 1 is 0.738 bits per heavy atom. The molecular weight excluding hydrogens is 538 g/mol. The maximum Gasteiger partial charge on any atom is 0.345 e. The number of nitrogens with one attached hydrogen (secondary N) is 1. The molecule has 0 bridgehead atoms. The highest BCUT2D eigenvalue weighted by Gasteiger charge is 2.33. The summed E-state index contributed by atoms with van der Waals surface area (Å²) in [5.41, 5.74) is 2.61. The Kier molecular flexibility index (Phi) is 25.9. The monoisotopic (exact) mass is 605 g/mol. The normalized spacial score (nSPS) is 13.2. The number of allylic oxidation sites excluding steroid dienone is 2. The van der Waals surface area contributed by atoms with Gasteiger partial charge in [0.2, 0.25) is 6.10 Å². The van der Waals surface area contributed by atoms with Crippen LogP contribution < -0.4 is 5.32 Å². The molecule has 3 atom stereocenters. The molecule has 2 N–H and O–H groups in total. The van der Waals surface area contributed by atoms with Gasteiger partial charge in [0.1, 0.15) is 0 Å². The van der Waals surface area contributed by atoms with E-state index in [-0.39, 0.29) is 6.04 Å². The highest BCUT2D eigenvalue weighted by atomic mass is 32.1. The first-order valence-corrected chi connectivity index (χ1v) is 17.8. The Morgan fingerprint density at radius 3 is 1.57 bits per heavy atom. The standard InChI is InChI=1S/C37H67NO3S/c1-8-10-12-14-16-18-20-22-24-26-31(5)28-34(33(7)38-35(29-42)30(3)4)36(37(39)40)41-32(6)27-25-23-21-19-17-15-13-11-9-2/h34-36,38,42H,3,5-29H2,1-2,4H3,(H,39,40)/t34-,35-,36?/m0/s1. The molecule has 1 unspecified atom stereocenters. The maximum absolute atomic E-state index is 12.5. The topological polar surface area (TPSA) is 58.6 Å². The fourth-order valence-corrected chi connectivity index (χ4v) is 5.75. The van der Waals surface area contributed by atoms with Crippen molar-refractivity contribution in [3.8, 4) is 0 Å². The number of carbonyl (C=O) groups is 1. The van der Waals surface area contributed by atoms with Crippen molar-refractivity contribution in [2.24, 2.45) is 5.92 Å². The smallest absolute Gasteiger partial charge is 0.345 e. The van der Waals surface area contributed by atoms with Crippen LogP contribution in [0.4, 0.5) is 0 Å². The number of carboxylic acids is 1. The molecule has 0 amide bonds. The van der Waals surface area contributed by atoms with Crippen molar-refractivity contribution in [1.82, 2.24) is 5.32 Å². The van der Waals surface area contributed by atoms with E-state index in [0.717, 1.165) is 36.8 Å². The third-order valence-corrected chi connectivity index (χ3v) is 8.55. The fourth-order valence-electron chi connectivity index (χ4n) is 5.34. The third kappa shape index (κ3) is 21.1. The Hall–Kier alpha value is -1.62. The minimum atomic E-state index is -1.07. The van der Waals surface area contributed by atoms with Gasteiger partial charge in [-0.05, 0) is 32.6 Å². The molecule has 42 heavy (non-hydrogen) atoms. The van der Waals surface area contributed by atoms with Gasteiger partial charge in [-0.1, -0.05) is 154 Å². The molecule has 0 aliphatic carbocycles. The predicted molar refractivity (Wildman–Crippen MR) is 187 cm³/mol. The van der Waals surface area contributed by atoms with Crippen LogP contribution in [0.1, 0.15) is 156 Å². The summed E-state index contributed by atoms with van der Waals surface area (Å²) < 4.78 is 6.06. The zero-order valence-electron chi connectivity index (χ0n) is 27.8. The lowest BCUT2D eigenvalue weighted by molar-refractivity contribution is -0.150. The van der Waals surface area contributed by atoms with Crippen LogP contribution in [0, 0.1) is 5.92 Å². The largest absolute Gasteiger partial charge is 0.483 e. The van der Waals surface area contributed by atoms with Gasteiger partial charge in [-0.25, -0.2) is 4.79 Å². The average molecular weight is 606 g/mol. The first-order valence-electron chi connectivity index (χ1n) is 17.1. The lowest BCUT2D eigenvalue weighted by Gasteiger charge is -2.31. The zero-order valence-corrected chi connectivity index (χ0v) is 28.7. The number of hydrogen-bond acceptors (Lipinski definition) is 4. The van der Waals surface area contributed by atoms with Crippen molar-refractivity contribution in [1.29, 1.82) is 0 Å². The molecule has 0 aliphatic rings. The van der Waals surface area contributed by atoms with Crippen LogP contribution in [-0.4, -0.2) is 29.0 Å². The van der Waals surface area contributed by atoms with Crippen LogP contribution in [0.25, 0.3) is 0 Å². The van der Waals surface area contributed by atoms with Crippen molar-refractivity contribution in [2.45, 2.75) is 168 Å². The molecule has 0 fully saturated rings. The first kappa shape index (κ1) is 40.4. The van der Waals surface area contributed by atoms with Crippen LogP contribution in [0.3, 0.4) is 0 Å². The second-order valence-corrected chi connectivity index (χ2v) is 12.7. The molecule has 5 heteroatoms. The lowest BCUT2D eigenvalue weighted by atomic mass is 9.89. The second kappa shape index (κ2) is 27.0. The molecule has 0 heterocycles.